The third-order valence-corrected chi connectivity index (χ3v) is 3.47. The van der Waals surface area contributed by atoms with Gasteiger partial charge in [-0.05, 0) is 25.0 Å². The van der Waals surface area contributed by atoms with Crippen LogP contribution < -0.4 is 0 Å². The normalized spacial score (nSPS) is 11.5. The number of esters is 1. The van der Waals surface area contributed by atoms with Crippen LogP contribution in [-0.2, 0) is 16.1 Å². The molecule has 0 aliphatic rings. The third kappa shape index (κ3) is 4.94. The van der Waals surface area contributed by atoms with E-state index in [0.717, 1.165) is 6.42 Å². The summed E-state index contributed by atoms with van der Waals surface area (Å²) >= 11 is 0. The number of carbonyl (C=O) groups is 2. The Morgan fingerprint density at radius 1 is 1.44 bits per heavy atom. The SMILES string of the molecule is C=CCCCOC(=O)C(C=C)N(Cc1ccco1)C(=O)n1ccnc1. The van der Waals surface area contributed by atoms with E-state index in [1.807, 2.05) is 0 Å². The molecule has 0 aliphatic heterocycles. The van der Waals surface area contributed by atoms with Crippen molar-refractivity contribution in [3.8, 4) is 0 Å². The molecule has 1 unspecified atom stereocenters. The molecule has 0 aromatic carbocycles. The Labute approximate surface area is 146 Å². The molecule has 25 heavy (non-hydrogen) atoms. The van der Waals surface area contributed by atoms with Crippen LogP contribution in [0.5, 0.6) is 0 Å². The number of allylic oxidation sites excluding steroid dienone is 1. The Bertz CT molecular complexity index is 692. The van der Waals surface area contributed by atoms with Crippen LogP contribution >= 0.6 is 0 Å². The molecule has 2 rings (SSSR count). The highest BCUT2D eigenvalue weighted by molar-refractivity contribution is 5.86. The molecule has 0 aliphatic carbocycles. The number of amides is 1. The summed E-state index contributed by atoms with van der Waals surface area (Å²) in [4.78, 5) is 30.4. The van der Waals surface area contributed by atoms with Gasteiger partial charge in [-0.3, -0.25) is 9.47 Å². The van der Waals surface area contributed by atoms with Gasteiger partial charge in [-0.25, -0.2) is 14.6 Å². The first-order valence-electron chi connectivity index (χ1n) is 7.88. The number of ether oxygens (including phenoxy) is 1. The van der Waals surface area contributed by atoms with Gasteiger partial charge in [-0.2, -0.15) is 0 Å². The van der Waals surface area contributed by atoms with Crippen molar-refractivity contribution >= 4 is 12.0 Å². The predicted molar refractivity (Wildman–Crippen MR) is 91.6 cm³/mol. The summed E-state index contributed by atoms with van der Waals surface area (Å²) < 4.78 is 11.8. The first-order chi connectivity index (χ1) is 12.2. The first kappa shape index (κ1) is 18.3. The average molecular weight is 343 g/mol. The molecular weight excluding hydrogens is 322 g/mol. The van der Waals surface area contributed by atoms with Crippen LogP contribution in [0.3, 0.4) is 0 Å². The van der Waals surface area contributed by atoms with Crippen molar-refractivity contribution in [3.63, 3.8) is 0 Å². The zero-order valence-electron chi connectivity index (χ0n) is 13.9. The minimum atomic E-state index is -0.941. The van der Waals surface area contributed by atoms with E-state index in [0.29, 0.717) is 12.2 Å². The Morgan fingerprint density at radius 2 is 2.28 bits per heavy atom. The Balaban J connectivity index is 2.16. The lowest BCUT2D eigenvalue weighted by molar-refractivity contribution is -0.147. The molecule has 1 atom stereocenters. The number of nitrogens with zero attached hydrogens (tertiary/aromatic N) is 3. The van der Waals surface area contributed by atoms with Gasteiger partial charge in [0, 0.05) is 12.4 Å². The molecular formula is C18H21N3O4. The second kappa shape index (κ2) is 9.27. The van der Waals surface area contributed by atoms with E-state index in [1.54, 1.807) is 18.2 Å². The fraction of sp³-hybridized carbons (Fsp3) is 0.278. The molecule has 0 fully saturated rings. The zero-order chi connectivity index (χ0) is 18.1. The Morgan fingerprint density at radius 3 is 2.88 bits per heavy atom. The van der Waals surface area contributed by atoms with Crippen LogP contribution in [0.2, 0.25) is 0 Å². The van der Waals surface area contributed by atoms with Gasteiger partial charge in [-0.1, -0.05) is 12.2 Å². The van der Waals surface area contributed by atoms with Crippen LogP contribution in [0.4, 0.5) is 4.79 Å². The molecule has 0 saturated heterocycles. The largest absolute Gasteiger partial charge is 0.467 e. The van der Waals surface area contributed by atoms with E-state index in [-0.39, 0.29) is 13.2 Å². The maximum atomic E-state index is 12.8. The number of hydrogen-bond donors (Lipinski definition) is 0. The number of aromatic nitrogens is 2. The molecule has 0 bridgehead atoms. The molecule has 0 N–H and O–H groups in total. The van der Waals surface area contributed by atoms with Gasteiger partial charge in [0.05, 0.1) is 19.4 Å². The van der Waals surface area contributed by atoms with E-state index >= 15 is 0 Å². The van der Waals surface area contributed by atoms with Crippen molar-refractivity contribution in [3.05, 3.63) is 68.2 Å². The first-order valence-corrected chi connectivity index (χ1v) is 7.88. The van der Waals surface area contributed by atoms with Gasteiger partial charge in [-0.15, -0.1) is 13.2 Å². The molecule has 0 spiro atoms. The second-order valence-corrected chi connectivity index (χ2v) is 5.24. The second-order valence-electron chi connectivity index (χ2n) is 5.24. The van der Waals surface area contributed by atoms with Crippen molar-refractivity contribution in [2.45, 2.75) is 25.4 Å². The lowest BCUT2D eigenvalue weighted by atomic mass is 10.2. The smallest absolute Gasteiger partial charge is 0.332 e. The summed E-state index contributed by atoms with van der Waals surface area (Å²) in [6.45, 7) is 7.65. The highest BCUT2D eigenvalue weighted by atomic mass is 16.5. The van der Waals surface area contributed by atoms with Crippen LogP contribution in [0.1, 0.15) is 18.6 Å². The average Bonchev–Trinajstić information content (AvgIpc) is 3.31. The fourth-order valence-corrected chi connectivity index (χ4v) is 2.21. The number of rotatable bonds is 9. The monoisotopic (exact) mass is 343 g/mol. The van der Waals surface area contributed by atoms with E-state index < -0.39 is 18.0 Å². The summed E-state index contributed by atoms with van der Waals surface area (Å²) in [5, 5.41) is 0. The van der Waals surface area contributed by atoms with Gasteiger partial charge in [0.2, 0.25) is 0 Å². The molecule has 2 aromatic rings. The minimum Gasteiger partial charge on any atom is -0.467 e. The maximum absolute atomic E-state index is 12.8. The van der Waals surface area contributed by atoms with Crippen molar-refractivity contribution < 1.29 is 18.7 Å². The summed E-state index contributed by atoms with van der Waals surface area (Å²) in [5.41, 5.74) is 0. The quantitative estimate of drug-likeness (QED) is 0.397. The summed E-state index contributed by atoms with van der Waals surface area (Å²) in [5.74, 6) is -0.00106. The van der Waals surface area contributed by atoms with Crippen molar-refractivity contribution in [2.75, 3.05) is 6.61 Å². The molecule has 1 amide bonds. The van der Waals surface area contributed by atoms with Gasteiger partial charge in [0.25, 0.3) is 0 Å². The van der Waals surface area contributed by atoms with E-state index in [4.69, 9.17) is 9.15 Å². The summed E-state index contributed by atoms with van der Waals surface area (Å²) in [6, 6.07) is 2.07. The summed E-state index contributed by atoms with van der Waals surface area (Å²) in [7, 11) is 0. The molecule has 7 heteroatoms. The Kier molecular flexibility index (Phi) is 6.76. The lowest BCUT2D eigenvalue weighted by Gasteiger charge is -2.27. The number of furan rings is 1. The van der Waals surface area contributed by atoms with E-state index in [2.05, 4.69) is 18.1 Å². The van der Waals surface area contributed by atoms with Gasteiger partial charge in [0.15, 0.2) is 0 Å². The third-order valence-electron chi connectivity index (χ3n) is 3.47. The number of imidazole rings is 1. The fourth-order valence-electron chi connectivity index (χ4n) is 2.21. The van der Waals surface area contributed by atoms with Crippen molar-refractivity contribution in [2.24, 2.45) is 0 Å². The Hall–Kier alpha value is -3.09. The van der Waals surface area contributed by atoms with Crippen LogP contribution in [-0.4, -0.2) is 39.1 Å². The molecule has 7 nitrogen and oxygen atoms in total. The lowest BCUT2D eigenvalue weighted by Crippen LogP contribution is -2.45. The van der Waals surface area contributed by atoms with Gasteiger partial charge < -0.3 is 9.15 Å². The number of unbranched alkanes of at least 4 members (excludes halogenated alkanes) is 1. The number of hydrogen-bond acceptors (Lipinski definition) is 5. The van der Waals surface area contributed by atoms with Gasteiger partial charge >= 0.3 is 12.0 Å². The topological polar surface area (TPSA) is 77.6 Å². The highest BCUT2D eigenvalue weighted by Gasteiger charge is 2.30. The van der Waals surface area contributed by atoms with Crippen LogP contribution in [0, 0.1) is 0 Å². The van der Waals surface area contributed by atoms with E-state index in [9.17, 15) is 9.59 Å². The standard InChI is InChI=1S/C18H21N3O4/c1-3-5-6-11-25-17(22)16(4-2)21(13-15-8-7-12-24-15)18(23)20-10-9-19-14-20/h3-4,7-10,12,14,16H,1-2,5-6,11,13H2. The van der Waals surface area contributed by atoms with Crippen LogP contribution in [0.15, 0.2) is 66.8 Å². The molecule has 2 heterocycles. The van der Waals surface area contributed by atoms with Crippen molar-refractivity contribution in [1.29, 1.82) is 0 Å². The predicted octanol–water partition coefficient (Wildman–Crippen LogP) is 3.01. The van der Waals surface area contributed by atoms with E-state index in [1.165, 1.54) is 40.5 Å². The van der Waals surface area contributed by atoms with Crippen molar-refractivity contribution in [1.82, 2.24) is 14.5 Å². The van der Waals surface area contributed by atoms with Crippen LogP contribution in [0.25, 0.3) is 0 Å². The number of carbonyl (C=O) groups excluding carboxylic acids is 2. The van der Waals surface area contributed by atoms with Gasteiger partial charge in [0.1, 0.15) is 18.1 Å². The summed E-state index contributed by atoms with van der Waals surface area (Å²) in [6.07, 6.45) is 10.4. The molecule has 0 saturated carbocycles. The zero-order valence-corrected chi connectivity index (χ0v) is 13.9. The molecule has 132 valence electrons. The maximum Gasteiger partial charge on any atom is 0.332 e. The molecule has 2 aromatic heterocycles. The minimum absolute atomic E-state index is 0.0997. The highest BCUT2D eigenvalue weighted by Crippen LogP contribution is 2.14. The molecule has 0 radical (unpaired) electrons.